The zero-order valence-electron chi connectivity index (χ0n) is 8.99. The molecule has 0 aliphatic heterocycles. The summed E-state index contributed by atoms with van der Waals surface area (Å²) in [6.45, 7) is 2.34. The Kier molecular flexibility index (Phi) is 4.47. The first-order chi connectivity index (χ1) is 7.22. The van der Waals surface area contributed by atoms with Crippen LogP contribution in [0.2, 0.25) is 0 Å². The van der Waals surface area contributed by atoms with Crippen molar-refractivity contribution >= 4 is 6.03 Å². The van der Waals surface area contributed by atoms with Gasteiger partial charge in [-0.1, -0.05) is 18.2 Å². The first-order valence-corrected chi connectivity index (χ1v) is 4.88. The number of carbonyl (C=O) groups excluding carboxylic acids is 1. The lowest BCUT2D eigenvalue weighted by Gasteiger charge is -2.14. The van der Waals surface area contributed by atoms with Crippen molar-refractivity contribution in [3.8, 4) is 5.75 Å². The number of hydrogen-bond acceptors (Lipinski definition) is 2. The maximum absolute atomic E-state index is 11.0. The predicted molar refractivity (Wildman–Crippen MR) is 59.0 cm³/mol. The zero-order chi connectivity index (χ0) is 11.1. The molecular weight excluding hydrogens is 192 g/mol. The summed E-state index contributed by atoms with van der Waals surface area (Å²) in [5.41, 5.74) is 0. The molecule has 4 nitrogen and oxygen atoms in total. The van der Waals surface area contributed by atoms with E-state index in [0.29, 0.717) is 6.61 Å². The van der Waals surface area contributed by atoms with Gasteiger partial charge in [-0.3, -0.25) is 0 Å². The van der Waals surface area contributed by atoms with Gasteiger partial charge >= 0.3 is 6.03 Å². The fourth-order valence-electron chi connectivity index (χ4n) is 1.08. The number of nitrogens with one attached hydrogen (secondary N) is 2. The SMILES string of the molecule is CNC(=O)NC(C)COc1ccccc1. The third-order valence-corrected chi connectivity index (χ3v) is 1.85. The molecular formula is C11H16N2O2. The summed E-state index contributed by atoms with van der Waals surface area (Å²) in [6, 6.07) is 9.29. The van der Waals surface area contributed by atoms with Crippen LogP contribution in [-0.4, -0.2) is 25.7 Å². The number of urea groups is 1. The van der Waals surface area contributed by atoms with Gasteiger partial charge in [-0.15, -0.1) is 0 Å². The molecule has 1 aromatic rings. The molecule has 0 saturated heterocycles. The molecule has 82 valence electrons. The predicted octanol–water partition coefficient (Wildman–Crippen LogP) is 1.38. The molecule has 2 amide bonds. The van der Waals surface area contributed by atoms with E-state index in [1.54, 1.807) is 7.05 Å². The highest BCUT2D eigenvalue weighted by Crippen LogP contribution is 2.08. The lowest BCUT2D eigenvalue weighted by atomic mass is 10.3. The first kappa shape index (κ1) is 11.4. The van der Waals surface area contributed by atoms with E-state index < -0.39 is 0 Å². The van der Waals surface area contributed by atoms with Crippen LogP contribution < -0.4 is 15.4 Å². The molecule has 0 spiro atoms. The monoisotopic (exact) mass is 208 g/mol. The number of carbonyl (C=O) groups is 1. The van der Waals surface area contributed by atoms with Crippen molar-refractivity contribution in [3.05, 3.63) is 30.3 Å². The molecule has 0 fully saturated rings. The van der Waals surface area contributed by atoms with Crippen molar-refractivity contribution in [2.45, 2.75) is 13.0 Å². The molecule has 15 heavy (non-hydrogen) atoms. The van der Waals surface area contributed by atoms with Gasteiger partial charge in [-0.25, -0.2) is 4.79 Å². The van der Waals surface area contributed by atoms with Crippen molar-refractivity contribution in [2.24, 2.45) is 0 Å². The zero-order valence-corrected chi connectivity index (χ0v) is 8.99. The van der Waals surface area contributed by atoms with Crippen LogP contribution in [0.3, 0.4) is 0 Å². The van der Waals surface area contributed by atoms with Crippen LogP contribution in [0.5, 0.6) is 5.75 Å². The summed E-state index contributed by atoms with van der Waals surface area (Å²) in [7, 11) is 1.58. The van der Waals surface area contributed by atoms with E-state index >= 15 is 0 Å². The lowest BCUT2D eigenvalue weighted by Crippen LogP contribution is -2.41. The molecule has 1 unspecified atom stereocenters. The van der Waals surface area contributed by atoms with E-state index in [9.17, 15) is 4.79 Å². The second-order valence-electron chi connectivity index (χ2n) is 3.25. The summed E-state index contributed by atoms with van der Waals surface area (Å²) in [5, 5.41) is 5.21. The Balaban J connectivity index is 2.28. The highest BCUT2D eigenvalue weighted by Gasteiger charge is 2.05. The molecule has 1 aromatic carbocycles. The van der Waals surface area contributed by atoms with Crippen LogP contribution in [0.1, 0.15) is 6.92 Å². The Morgan fingerprint density at radius 1 is 1.40 bits per heavy atom. The van der Waals surface area contributed by atoms with Crippen LogP contribution in [0.25, 0.3) is 0 Å². The van der Waals surface area contributed by atoms with E-state index in [2.05, 4.69) is 10.6 Å². The number of para-hydroxylation sites is 1. The highest BCUT2D eigenvalue weighted by molar-refractivity contribution is 5.73. The van der Waals surface area contributed by atoms with Gasteiger partial charge in [0.05, 0.1) is 6.04 Å². The Bertz CT molecular complexity index is 301. The second kappa shape index (κ2) is 5.90. The number of hydrogen-bond donors (Lipinski definition) is 2. The molecule has 0 aliphatic carbocycles. The standard InChI is InChI=1S/C11H16N2O2/c1-9(13-11(14)12-2)8-15-10-6-4-3-5-7-10/h3-7,9H,8H2,1-2H3,(H2,12,13,14). The Labute approximate surface area is 89.6 Å². The van der Waals surface area contributed by atoms with Crippen LogP contribution in [0, 0.1) is 0 Å². The third kappa shape index (κ3) is 4.35. The third-order valence-electron chi connectivity index (χ3n) is 1.85. The minimum absolute atomic E-state index is 0.0230. The van der Waals surface area contributed by atoms with Crippen molar-refractivity contribution in [1.29, 1.82) is 0 Å². The van der Waals surface area contributed by atoms with Crippen LogP contribution in [0.15, 0.2) is 30.3 Å². The van der Waals surface area contributed by atoms with E-state index in [4.69, 9.17) is 4.74 Å². The fraction of sp³-hybridized carbons (Fsp3) is 0.364. The molecule has 4 heteroatoms. The smallest absolute Gasteiger partial charge is 0.314 e. The molecule has 0 bridgehead atoms. The molecule has 0 heterocycles. The number of benzene rings is 1. The van der Waals surface area contributed by atoms with Gasteiger partial charge in [0.15, 0.2) is 0 Å². The van der Waals surface area contributed by atoms with Crippen LogP contribution in [0.4, 0.5) is 4.79 Å². The fourth-order valence-corrected chi connectivity index (χ4v) is 1.08. The quantitative estimate of drug-likeness (QED) is 0.785. The number of ether oxygens (including phenoxy) is 1. The Morgan fingerprint density at radius 3 is 2.67 bits per heavy atom. The van der Waals surface area contributed by atoms with E-state index in [-0.39, 0.29) is 12.1 Å². The summed E-state index contributed by atoms with van der Waals surface area (Å²) in [5.74, 6) is 0.808. The van der Waals surface area contributed by atoms with Crippen molar-refractivity contribution in [2.75, 3.05) is 13.7 Å². The van der Waals surface area contributed by atoms with Crippen LogP contribution >= 0.6 is 0 Å². The van der Waals surface area contributed by atoms with Crippen molar-refractivity contribution in [1.82, 2.24) is 10.6 Å². The molecule has 1 rings (SSSR count). The number of rotatable bonds is 4. The van der Waals surface area contributed by atoms with Gasteiger partial charge in [0.2, 0.25) is 0 Å². The molecule has 0 aliphatic rings. The maximum atomic E-state index is 11.0. The first-order valence-electron chi connectivity index (χ1n) is 4.88. The molecule has 0 radical (unpaired) electrons. The summed E-state index contributed by atoms with van der Waals surface area (Å²) in [6.07, 6.45) is 0. The van der Waals surface area contributed by atoms with E-state index in [1.165, 1.54) is 0 Å². The lowest BCUT2D eigenvalue weighted by molar-refractivity contribution is 0.228. The average Bonchev–Trinajstić information content (AvgIpc) is 2.27. The van der Waals surface area contributed by atoms with E-state index in [0.717, 1.165) is 5.75 Å². The normalized spacial score (nSPS) is 11.6. The Morgan fingerprint density at radius 2 is 2.07 bits per heavy atom. The summed E-state index contributed by atoms with van der Waals surface area (Å²) >= 11 is 0. The maximum Gasteiger partial charge on any atom is 0.314 e. The summed E-state index contributed by atoms with van der Waals surface area (Å²) in [4.78, 5) is 11.0. The number of amides is 2. The van der Waals surface area contributed by atoms with Gasteiger partial charge in [0, 0.05) is 7.05 Å². The minimum Gasteiger partial charge on any atom is -0.491 e. The van der Waals surface area contributed by atoms with Gasteiger partial charge in [0.25, 0.3) is 0 Å². The Hall–Kier alpha value is -1.71. The topological polar surface area (TPSA) is 50.4 Å². The van der Waals surface area contributed by atoms with Gasteiger partial charge in [-0.05, 0) is 19.1 Å². The molecule has 0 aromatic heterocycles. The second-order valence-corrected chi connectivity index (χ2v) is 3.25. The van der Waals surface area contributed by atoms with Crippen molar-refractivity contribution in [3.63, 3.8) is 0 Å². The minimum atomic E-state index is -0.195. The van der Waals surface area contributed by atoms with Gasteiger partial charge in [-0.2, -0.15) is 0 Å². The van der Waals surface area contributed by atoms with Gasteiger partial charge < -0.3 is 15.4 Å². The largest absolute Gasteiger partial charge is 0.491 e. The summed E-state index contributed by atoms with van der Waals surface area (Å²) < 4.78 is 5.47. The average molecular weight is 208 g/mol. The van der Waals surface area contributed by atoms with E-state index in [1.807, 2.05) is 37.3 Å². The molecule has 1 atom stereocenters. The highest BCUT2D eigenvalue weighted by atomic mass is 16.5. The van der Waals surface area contributed by atoms with Gasteiger partial charge in [0.1, 0.15) is 12.4 Å². The van der Waals surface area contributed by atoms with Crippen molar-refractivity contribution < 1.29 is 9.53 Å². The van der Waals surface area contributed by atoms with Crippen LogP contribution in [-0.2, 0) is 0 Å². The molecule has 2 N–H and O–H groups in total. The molecule has 0 saturated carbocycles.